The van der Waals surface area contributed by atoms with Gasteiger partial charge in [-0.15, -0.1) is 0 Å². The third kappa shape index (κ3) is 5.02. The number of hydrogen-bond donors (Lipinski definition) is 2. The lowest BCUT2D eigenvalue weighted by Gasteiger charge is -2.16. The zero-order valence-corrected chi connectivity index (χ0v) is 16.1. The van der Waals surface area contributed by atoms with E-state index in [9.17, 15) is 14.4 Å². The Morgan fingerprint density at radius 1 is 1.22 bits per heavy atom. The average Bonchev–Trinajstić information content (AvgIpc) is 2.95. The van der Waals surface area contributed by atoms with Crippen molar-refractivity contribution in [2.45, 2.75) is 19.5 Å². The monoisotopic (exact) mass is 403 g/mol. The molecule has 1 aliphatic heterocycles. The number of anilines is 1. The molecule has 0 aromatic heterocycles. The van der Waals surface area contributed by atoms with Crippen LogP contribution in [0.4, 0.5) is 15.3 Å². The smallest absolute Gasteiger partial charge is 0.319 e. The van der Waals surface area contributed by atoms with E-state index < -0.39 is 0 Å². The summed E-state index contributed by atoms with van der Waals surface area (Å²) in [5, 5.41) is 6.00. The van der Waals surface area contributed by atoms with Crippen molar-refractivity contribution < 1.29 is 14.4 Å². The second-order valence-corrected chi connectivity index (χ2v) is 7.47. The highest BCUT2D eigenvalue weighted by atomic mass is 35.5. The Labute approximate surface area is 166 Å². The lowest BCUT2D eigenvalue weighted by Crippen LogP contribution is -2.31. The standard InChI is InChI=1S/C19H18ClN3O3S/c1-12(14-3-2-4-15(20)9-14)21-18(25)22-16-7-5-13(6-8-16)10-23-17(24)11-27-19(23)26/h2-9,12H,10-11H2,1H3,(H2,21,22,25). The van der Waals surface area contributed by atoms with E-state index in [0.717, 1.165) is 22.9 Å². The molecule has 1 atom stereocenters. The summed E-state index contributed by atoms with van der Waals surface area (Å²) in [4.78, 5) is 36.7. The average molecular weight is 404 g/mol. The summed E-state index contributed by atoms with van der Waals surface area (Å²) < 4.78 is 0. The maximum atomic E-state index is 12.2. The highest BCUT2D eigenvalue weighted by molar-refractivity contribution is 8.14. The summed E-state index contributed by atoms with van der Waals surface area (Å²) in [6.45, 7) is 2.11. The van der Waals surface area contributed by atoms with E-state index in [1.54, 1.807) is 36.4 Å². The summed E-state index contributed by atoms with van der Waals surface area (Å²) in [6.07, 6.45) is 0. The summed E-state index contributed by atoms with van der Waals surface area (Å²) in [6, 6.07) is 13.8. The molecule has 4 amide bonds. The Morgan fingerprint density at radius 3 is 2.59 bits per heavy atom. The SMILES string of the molecule is CC(NC(=O)Nc1ccc(CN2C(=O)CSC2=O)cc1)c1cccc(Cl)c1. The summed E-state index contributed by atoms with van der Waals surface area (Å²) in [5.74, 6) is 0.0188. The van der Waals surface area contributed by atoms with Crippen LogP contribution in [-0.4, -0.2) is 27.8 Å². The minimum atomic E-state index is -0.337. The predicted octanol–water partition coefficient (Wildman–Crippen LogP) is 4.42. The molecule has 3 rings (SSSR count). The summed E-state index contributed by atoms with van der Waals surface area (Å²) in [5.41, 5.74) is 2.34. The molecule has 0 spiro atoms. The van der Waals surface area contributed by atoms with E-state index in [4.69, 9.17) is 11.6 Å². The number of halogens is 1. The summed E-state index contributed by atoms with van der Waals surface area (Å²) >= 11 is 6.99. The van der Waals surface area contributed by atoms with Crippen molar-refractivity contribution in [2.75, 3.05) is 11.1 Å². The highest BCUT2D eigenvalue weighted by Crippen LogP contribution is 2.22. The maximum Gasteiger partial charge on any atom is 0.319 e. The molecular formula is C19H18ClN3O3S. The number of imide groups is 1. The van der Waals surface area contributed by atoms with Gasteiger partial charge in [-0.05, 0) is 42.3 Å². The first kappa shape index (κ1) is 19.3. The van der Waals surface area contributed by atoms with Gasteiger partial charge in [-0.25, -0.2) is 4.79 Å². The molecule has 6 nitrogen and oxygen atoms in total. The predicted molar refractivity (Wildman–Crippen MR) is 107 cm³/mol. The molecule has 2 N–H and O–H groups in total. The van der Waals surface area contributed by atoms with Crippen LogP contribution in [0.15, 0.2) is 48.5 Å². The molecule has 0 bridgehead atoms. The zero-order valence-electron chi connectivity index (χ0n) is 14.6. The topological polar surface area (TPSA) is 78.5 Å². The van der Waals surface area contributed by atoms with Crippen molar-refractivity contribution in [3.8, 4) is 0 Å². The number of thioether (sulfide) groups is 1. The van der Waals surface area contributed by atoms with Crippen LogP contribution in [0.3, 0.4) is 0 Å². The normalized spacial score (nSPS) is 15.0. The number of carbonyl (C=O) groups is 3. The first-order chi connectivity index (χ1) is 12.9. The van der Waals surface area contributed by atoms with Crippen LogP contribution in [0.2, 0.25) is 5.02 Å². The van der Waals surface area contributed by atoms with Gasteiger partial charge in [0.1, 0.15) is 0 Å². The second-order valence-electron chi connectivity index (χ2n) is 6.11. The fourth-order valence-corrected chi connectivity index (χ4v) is 3.56. The van der Waals surface area contributed by atoms with Gasteiger partial charge in [-0.3, -0.25) is 14.5 Å². The first-order valence-electron chi connectivity index (χ1n) is 8.31. The van der Waals surface area contributed by atoms with E-state index in [0.29, 0.717) is 10.7 Å². The minimum Gasteiger partial charge on any atom is -0.331 e. The van der Waals surface area contributed by atoms with Gasteiger partial charge in [0.15, 0.2) is 0 Å². The number of nitrogens with zero attached hydrogens (tertiary/aromatic N) is 1. The quantitative estimate of drug-likeness (QED) is 0.774. The van der Waals surface area contributed by atoms with Crippen molar-refractivity contribution in [1.82, 2.24) is 10.2 Å². The zero-order chi connectivity index (χ0) is 19.4. The largest absolute Gasteiger partial charge is 0.331 e. The lowest BCUT2D eigenvalue weighted by molar-refractivity contribution is -0.125. The third-order valence-electron chi connectivity index (χ3n) is 4.09. The minimum absolute atomic E-state index is 0.179. The van der Waals surface area contributed by atoms with E-state index in [1.807, 2.05) is 19.1 Å². The fraction of sp³-hybridized carbons (Fsp3) is 0.211. The van der Waals surface area contributed by atoms with Crippen molar-refractivity contribution in [1.29, 1.82) is 0 Å². The Balaban J connectivity index is 1.55. The van der Waals surface area contributed by atoms with Gasteiger partial charge in [-0.2, -0.15) is 0 Å². The van der Waals surface area contributed by atoms with Crippen LogP contribution in [0, 0.1) is 0 Å². The van der Waals surface area contributed by atoms with Gasteiger partial charge in [-0.1, -0.05) is 47.6 Å². The molecule has 1 saturated heterocycles. The molecule has 1 aliphatic rings. The molecule has 2 aromatic carbocycles. The van der Waals surface area contributed by atoms with E-state index in [1.165, 1.54) is 4.90 Å². The second kappa shape index (κ2) is 8.45. The van der Waals surface area contributed by atoms with E-state index >= 15 is 0 Å². The molecule has 0 aliphatic carbocycles. The van der Waals surface area contributed by atoms with E-state index in [2.05, 4.69) is 10.6 Å². The van der Waals surface area contributed by atoms with Gasteiger partial charge in [0, 0.05) is 10.7 Å². The van der Waals surface area contributed by atoms with Crippen LogP contribution < -0.4 is 10.6 Å². The molecule has 1 heterocycles. The van der Waals surface area contributed by atoms with Crippen LogP contribution >= 0.6 is 23.4 Å². The highest BCUT2D eigenvalue weighted by Gasteiger charge is 2.29. The van der Waals surface area contributed by atoms with Crippen molar-refractivity contribution in [3.63, 3.8) is 0 Å². The third-order valence-corrected chi connectivity index (χ3v) is 5.18. The molecule has 8 heteroatoms. The van der Waals surface area contributed by atoms with Crippen LogP contribution in [-0.2, 0) is 11.3 Å². The number of rotatable bonds is 5. The number of benzene rings is 2. The van der Waals surface area contributed by atoms with Gasteiger partial charge in [0.05, 0.1) is 18.3 Å². The van der Waals surface area contributed by atoms with Gasteiger partial charge in [0.25, 0.3) is 5.24 Å². The lowest BCUT2D eigenvalue weighted by atomic mass is 10.1. The summed E-state index contributed by atoms with van der Waals surface area (Å²) in [7, 11) is 0. The van der Waals surface area contributed by atoms with Crippen LogP contribution in [0.5, 0.6) is 0 Å². The fourth-order valence-electron chi connectivity index (χ4n) is 2.63. The van der Waals surface area contributed by atoms with E-state index in [-0.39, 0.29) is 35.5 Å². The Kier molecular flexibility index (Phi) is 6.03. The number of amides is 4. The molecule has 1 unspecified atom stereocenters. The Hall–Kier alpha value is -2.51. The Bertz CT molecular complexity index is 857. The van der Waals surface area contributed by atoms with Gasteiger partial charge in [0.2, 0.25) is 5.91 Å². The van der Waals surface area contributed by atoms with Gasteiger partial charge >= 0.3 is 6.03 Å². The Morgan fingerprint density at radius 2 is 1.96 bits per heavy atom. The number of nitrogens with one attached hydrogen (secondary N) is 2. The molecule has 1 fully saturated rings. The maximum absolute atomic E-state index is 12.2. The molecule has 27 heavy (non-hydrogen) atoms. The molecule has 0 saturated carbocycles. The van der Waals surface area contributed by atoms with Gasteiger partial charge < -0.3 is 10.6 Å². The number of carbonyl (C=O) groups excluding carboxylic acids is 3. The number of urea groups is 1. The van der Waals surface area contributed by atoms with Crippen molar-refractivity contribution >= 4 is 46.2 Å². The van der Waals surface area contributed by atoms with Crippen molar-refractivity contribution in [3.05, 3.63) is 64.7 Å². The number of hydrogen-bond acceptors (Lipinski definition) is 4. The molecule has 0 radical (unpaired) electrons. The van der Waals surface area contributed by atoms with Crippen LogP contribution in [0.1, 0.15) is 24.1 Å². The van der Waals surface area contributed by atoms with Crippen molar-refractivity contribution in [2.24, 2.45) is 0 Å². The molecular weight excluding hydrogens is 386 g/mol. The molecule has 2 aromatic rings. The first-order valence-corrected chi connectivity index (χ1v) is 9.68. The van der Waals surface area contributed by atoms with Crippen LogP contribution in [0.25, 0.3) is 0 Å². The molecule has 140 valence electrons.